The molecule has 1 aliphatic heterocycles. The van der Waals surface area contributed by atoms with E-state index in [1.54, 1.807) is 0 Å². The molecule has 1 heterocycles. The number of anilines is 2. The molecule has 0 saturated heterocycles. The molecule has 0 atom stereocenters. The quantitative estimate of drug-likeness (QED) is 0.810. The first kappa shape index (κ1) is 11.8. The predicted molar refractivity (Wildman–Crippen MR) is 70.8 cm³/mol. The summed E-state index contributed by atoms with van der Waals surface area (Å²) in [5, 5.41) is 9.02. The van der Waals surface area contributed by atoms with Crippen molar-refractivity contribution in [2.75, 3.05) is 23.7 Å². The van der Waals surface area contributed by atoms with E-state index in [1.165, 1.54) is 11.3 Å². The molecule has 0 aromatic heterocycles. The number of nitriles is 1. The zero-order chi connectivity index (χ0) is 12.5. The van der Waals surface area contributed by atoms with Gasteiger partial charge in [-0.1, -0.05) is 12.1 Å². The van der Waals surface area contributed by atoms with Gasteiger partial charge in [0.1, 0.15) is 0 Å². The second-order valence-electron chi connectivity index (χ2n) is 5.34. The summed E-state index contributed by atoms with van der Waals surface area (Å²) in [4.78, 5) is 2.31. The van der Waals surface area contributed by atoms with Gasteiger partial charge in [0.2, 0.25) is 0 Å². The van der Waals surface area contributed by atoms with E-state index in [2.05, 4.69) is 17.0 Å². The number of para-hydroxylation sites is 1. The van der Waals surface area contributed by atoms with Crippen LogP contribution in [-0.4, -0.2) is 13.1 Å². The van der Waals surface area contributed by atoms with E-state index in [9.17, 15) is 0 Å². The Morgan fingerprint density at radius 2 is 2.24 bits per heavy atom. The van der Waals surface area contributed by atoms with Crippen LogP contribution in [0, 0.1) is 16.7 Å². The van der Waals surface area contributed by atoms with E-state index in [-0.39, 0.29) is 5.41 Å². The summed E-state index contributed by atoms with van der Waals surface area (Å²) in [7, 11) is 0. The highest BCUT2D eigenvalue weighted by Crippen LogP contribution is 2.34. The SMILES string of the molecule is CC(C)(C#N)CCN1CCc2cccc(N)c21. The third-order valence-electron chi connectivity index (χ3n) is 3.43. The van der Waals surface area contributed by atoms with E-state index in [1.807, 2.05) is 26.0 Å². The molecule has 90 valence electrons. The Labute approximate surface area is 103 Å². The number of rotatable bonds is 3. The van der Waals surface area contributed by atoms with Crippen molar-refractivity contribution in [2.45, 2.75) is 26.7 Å². The lowest BCUT2D eigenvalue weighted by atomic mass is 9.91. The lowest BCUT2D eigenvalue weighted by molar-refractivity contribution is 0.452. The van der Waals surface area contributed by atoms with Crippen molar-refractivity contribution in [3.05, 3.63) is 23.8 Å². The van der Waals surface area contributed by atoms with Gasteiger partial charge in [-0.15, -0.1) is 0 Å². The summed E-state index contributed by atoms with van der Waals surface area (Å²) < 4.78 is 0. The fourth-order valence-corrected chi connectivity index (χ4v) is 2.26. The lowest BCUT2D eigenvalue weighted by Crippen LogP contribution is -2.26. The fourth-order valence-electron chi connectivity index (χ4n) is 2.26. The van der Waals surface area contributed by atoms with Crippen molar-refractivity contribution >= 4 is 11.4 Å². The third-order valence-corrected chi connectivity index (χ3v) is 3.43. The van der Waals surface area contributed by atoms with E-state index >= 15 is 0 Å². The highest BCUT2D eigenvalue weighted by Gasteiger charge is 2.24. The molecule has 0 radical (unpaired) electrons. The van der Waals surface area contributed by atoms with Gasteiger partial charge in [0, 0.05) is 13.1 Å². The Bertz CT molecular complexity index is 457. The van der Waals surface area contributed by atoms with Gasteiger partial charge in [-0.25, -0.2) is 0 Å². The summed E-state index contributed by atoms with van der Waals surface area (Å²) in [6, 6.07) is 8.45. The molecule has 3 nitrogen and oxygen atoms in total. The number of fused-ring (bicyclic) bond motifs is 1. The van der Waals surface area contributed by atoms with Gasteiger partial charge in [-0.2, -0.15) is 5.26 Å². The first-order chi connectivity index (χ1) is 8.03. The number of nitrogens with zero attached hydrogens (tertiary/aromatic N) is 2. The average molecular weight is 229 g/mol. The summed E-state index contributed by atoms with van der Waals surface area (Å²) in [6.45, 7) is 5.89. The van der Waals surface area contributed by atoms with E-state index in [4.69, 9.17) is 11.0 Å². The Morgan fingerprint density at radius 1 is 1.47 bits per heavy atom. The van der Waals surface area contributed by atoms with Crippen LogP contribution < -0.4 is 10.6 Å². The second-order valence-corrected chi connectivity index (χ2v) is 5.34. The van der Waals surface area contributed by atoms with Crippen LogP contribution in [0.3, 0.4) is 0 Å². The lowest BCUT2D eigenvalue weighted by Gasteiger charge is -2.24. The van der Waals surface area contributed by atoms with Gasteiger partial charge in [0.25, 0.3) is 0 Å². The summed E-state index contributed by atoms with van der Waals surface area (Å²) in [6.07, 6.45) is 1.94. The summed E-state index contributed by atoms with van der Waals surface area (Å²) >= 11 is 0. The molecule has 0 aliphatic carbocycles. The summed E-state index contributed by atoms with van der Waals surface area (Å²) in [5.41, 5.74) is 9.14. The average Bonchev–Trinajstić information content (AvgIpc) is 2.71. The Morgan fingerprint density at radius 3 is 2.94 bits per heavy atom. The van der Waals surface area contributed by atoms with Crippen molar-refractivity contribution < 1.29 is 0 Å². The van der Waals surface area contributed by atoms with Crippen molar-refractivity contribution in [3.63, 3.8) is 0 Å². The van der Waals surface area contributed by atoms with Gasteiger partial charge in [0.05, 0.1) is 22.9 Å². The molecule has 1 aromatic carbocycles. The molecule has 1 aliphatic rings. The Kier molecular flexibility index (Phi) is 2.97. The molecule has 0 amide bonds. The number of nitrogens with two attached hydrogens (primary N) is 1. The van der Waals surface area contributed by atoms with Crippen LogP contribution in [-0.2, 0) is 6.42 Å². The van der Waals surface area contributed by atoms with E-state index in [0.29, 0.717) is 0 Å². The topological polar surface area (TPSA) is 53.0 Å². The molecule has 3 heteroatoms. The predicted octanol–water partition coefficient (Wildman–Crippen LogP) is 2.57. The maximum atomic E-state index is 9.02. The Balaban J connectivity index is 2.11. The third kappa shape index (κ3) is 2.36. The first-order valence-electron chi connectivity index (χ1n) is 6.07. The van der Waals surface area contributed by atoms with Crippen molar-refractivity contribution in [3.8, 4) is 6.07 Å². The van der Waals surface area contributed by atoms with Gasteiger partial charge in [-0.05, 0) is 38.3 Å². The number of hydrogen-bond acceptors (Lipinski definition) is 3. The molecular weight excluding hydrogens is 210 g/mol. The number of benzene rings is 1. The molecule has 0 unspecified atom stereocenters. The van der Waals surface area contributed by atoms with Crippen LogP contribution >= 0.6 is 0 Å². The van der Waals surface area contributed by atoms with Crippen LogP contribution in [0.1, 0.15) is 25.8 Å². The van der Waals surface area contributed by atoms with Crippen LogP contribution in [0.2, 0.25) is 0 Å². The van der Waals surface area contributed by atoms with Crippen molar-refractivity contribution in [2.24, 2.45) is 5.41 Å². The second kappa shape index (κ2) is 4.29. The molecule has 0 spiro atoms. The highest BCUT2D eigenvalue weighted by molar-refractivity contribution is 5.74. The Hall–Kier alpha value is -1.69. The maximum absolute atomic E-state index is 9.02. The van der Waals surface area contributed by atoms with Crippen LogP contribution in [0.4, 0.5) is 11.4 Å². The normalized spacial score (nSPS) is 14.5. The van der Waals surface area contributed by atoms with Gasteiger partial charge in [-0.3, -0.25) is 0 Å². The monoisotopic (exact) mass is 229 g/mol. The summed E-state index contributed by atoms with van der Waals surface area (Å²) in [5.74, 6) is 0. The van der Waals surface area contributed by atoms with Gasteiger partial charge >= 0.3 is 0 Å². The molecule has 0 saturated carbocycles. The zero-order valence-corrected chi connectivity index (χ0v) is 10.5. The van der Waals surface area contributed by atoms with Crippen LogP contribution in [0.15, 0.2) is 18.2 Å². The minimum Gasteiger partial charge on any atom is -0.397 e. The molecule has 1 aromatic rings. The van der Waals surface area contributed by atoms with E-state index in [0.717, 1.165) is 31.6 Å². The molecular formula is C14H19N3. The van der Waals surface area contributed by atoms with Crippen molar-refractivity contribution in [1.82, 2.24) is 0 Å². The fraction of sp³-hybridized carbons (Fsp3) is 0.500. The minimum atomic E-state index is -0.258. The zero-order valence-electron chi connectivity index (χ0n) is 10.5. The van der Waals surface area contributed by atoms with Crippen LogP contribution in [0.25, 0.3) is 0 Å². The molecule has 2 rings (SSSR count). The number of hydrogen-bond donors (Lipinski definition) is 1. The molecule has 0 bridgehead atoms. The van der Waals surface area contributed by atoms with Crippen LogP contribution in [0.5, 0.6) is 0 Å². The minimum absolute atomic E-state index is 0.258. The maximum Gasteiger partial charge on any atom is 0.0684 e. The smallest absolute Gasteiger partial charge is 0.0684 e. The van der Waals surface area contributed by atoms with Gasteiger partial charge < -0.3 is 10.6 Å². The van der Waals surface area contributed by atoms with E-state index < -0.39 is 0 Å². The first-order valence-corrected chi connectivity index (χ1v) is 6.07. The molecule has 17 heavy (non-hydrogen) atoms. The molecule has 2 N–H and O–H groups in total. The van der Waals surface area contributed by atoms with Gasteiger partial charge in [0.15, 0.2) is 0 Å². The standard InChI is InChI=1S/C14H19N3/c1-14(2,10-15)7-9-17-8-6-11-4-3-5-12(16)13(11)17/h3-5H,6-9,16H2,1-2H3. The molecule has 0 fully saturated rings. The largest absolute Gasteiger partial charge is 0.397 e. The highest BCUT2D eigenvalue weighted by atomic mass is 15.2. The van der Waals surface area contributed by atoms with Crippen molar-refractivity contribution in [1.29, 1.82) is 5.26 Å². The number of nitrogen functional groups attached to an aromatic ring is 1.